The third-order valence-electron chi connectivity index (χ3n) is 20.0. The summed E-state index contributed by atoms with van der Waals surface area (Å²) >= 11 is 0. The molecular formula is C79H140N6O28. The second-order valence-corrected chi connectivity index (χ2v) is 30.4. The van der Waals surface area contributed by atoms with Gasteiger partial charge in [0.05, 0.1) is 64.0 Å². The first-order valence-corrected chi connectivity index (χ1v) is 41.4. The second kappa shape index (κ2) is 60.3. The number of unbranched alkanes of at least 4 members (excludes halogenated alkanes) is 11. The number of carbonyl (C=O) groups is 10. The fourth-order valence-electron chi connectivity index (χ4n) is 13.3. The molecule has 3 heterocycles. The molecule has 16 atom stereocenters. The van der Waals surface area contributed by atoms with Gasteiger partial charge in [-0.05, 0) is 117 Å². The first-order chi connectivity index (χ1) is 54.1. The van der Waals surface area contributed by atoms with Gasteiger partial charge in [-0.3, -0.25) is 47.9 Å². The minimum absolute atomic E-state index is 0.000102. The van der Waals surface area contributed by atoms with Crippen LogP contribution in [0.25, 0.3) is 0 Å². The molecule has 654 valence electrons. The largest absolute Gasteiger partial charge is 0.394 e. The van der Waals surface area contributed by atoms with E-state index in [1.165, 1.54) is 13.8 Å². The van der Waals surface area contributed by atoms with Gasteiger partial charge >= 0.3 is 0 Å². The number of aliphatic hydroxyl groups excluding tert-OH is 9. The number of hydrogen-bond donors (Lipinski definition) is 15. The first kappa shape index (κ1) is 102. The van der Waals surface area contributed by atoms with Crippen molar-refractivity contribution >= 4 is 58.6 Å². The molecule has 3 rings (SSSR count). The van der Waals surface area contributed by atoms with Gasteiger partial charge in [0, 0.05) is 143 Å². The SMILES string of the molecule is CC(=O)NC1[C@H](OCCCCC(=O)CCCCCC(=O)CCOCC(CCCCC(=O)CCCCCC(=O)CCCCO[C@@H]2OC(CO)[C@H](O)[C@H](O)C2C)(COCCC(=O)NCCCNC(=O)CCCCO[C@@H]2OC(CO)[C@H](O)[C@H](O)C2NC(C)=O)NC(=O)CCCC(=O)NCCCCCCOC(C)C)OC(CO)[C@H](O)[C@@H]1O. The minimum atomic E-state index is -1.45. The van der Waals surface area contributed by atoms with Gasteiger partial charge in [0.15, 0.2) is 18.9 Å². The predicted octanol–water partition coefficient (Wildman–Crippen LogP) is 1.81. The van der Waals surface area contributed by atoms with E-state index in [9.17, 15) is 93.9 Å². The molecule has 3 aliphatic rings. The lowest BCUT2D eigenvalue weighted by molar-refractivity contribution is -0.282. The first-order valence-electron chi connectivity index (χ1n) is 41.4. The Labute approximate surface area is 666 Å². The van der Waals surface area contributed by atoms with E-state index in [1.807, 2.05) is 13.8 Å². The third kappa shape index (κ3) is 44.2. The molecule has 0 radical (unpaired) electrons. The maximum Gasteiger partial charge on any atom is 0.222 e. The highest BCUT2D eigenvalue weighted by atomic mass is 16.7. The Bertz CT molecular complexity index is 2600. The molecule has 15 N–H and O–H groups in total. The van der Waals surface area contributed by atoms with Crippen molar-refractivity contribution in [3.63, 3.8) is 0 Å². The molecule has 3 saturated heterocycles. The van der Waals surface area contributed by atoms with E-state index in [0.717, 1.165) is 25.7 Å². The topological polar surface area (TPSA) is 508 Å². The summed E-state index contributed by atoms with van der Waals surface area (Å²) in [6.45, 7) is 8.40. The van der Waals surface area contributed by atoms with Crippen LogP contribution in [0, 0.1) is 5.92 Å². The molecule has 113 heavy (non-hydrogen) atoms. The molecule has 0 aromatic rings. The molecular weight excluding hydrogens is 1480 g/mol. The molecule has 0 aromatic carbocycles. The average molecular weight is 1620 g/mol. The van der Waals surface area contributed by atoms with Gasteiger partial charge in [0.25, 0.3) is 0 Å². The molecule has 0 saturated carbocycles. The zero-order chi connectivity index (χ0) is 83.4. The summed E-state index contributed by atoms with van der Waals surface area (Å²) in [6.07, 6.45) is 0.167. The van der Waals surface area contributed by atoms with Crippen LogP contribution in [0.2, 0.25) is 0 Å². The fourth-order valence-corrected chi connectivity index (χ4v) is 13.3. The maximum absolute atomic E-state index is 14.0. The highest BCUT2D eigenvalue weighted by Crippen LogP contribution is 2.29. The number of carbonyl (C=O) groups excluding carboxylic acids is 10. The van der Waals surface area contributed by atoms with Crippen molar-refractivity contribution in [1.82, 2.24) is 31.9 Å². The van der Waals surface area contributed by atoms with E-state index < -0.39 is 129 Å². The fraction of sp³-hybridized carbons (Fsp3) is 0.873. The van der Waals surface area contributed by atoms with Crippen LogP contribution >= 0.6 is 0 Å². The van der Waals surface area contributed by atoms with Crippen LogP contribution in [0.3, 0.4) is 0 Å². The van der Waals surface area contributed by atoms with Gasteiger partial charge < -0.3 is 120 Å². The van der Waals surface area contributed by atoms with Crippen molar-refractivity contribution in [2.24, 2.45) is 5.92 Å². The molecule has 0 bridgehead atoms. The summed E-state index contributed by atoms with van der Waals surface area (Å²) in [7, 11) is 0. The molecule has 0 aromatic heterocycles. The molecule has 7 unspecified atom stereocenters. The summed E-state index contributed by atoms with van der Waals surface area (Å²) < 4.78 is 52.0. The third-order valence-corrected chi connectivity index (χ3v) is 20.0. The maximum atomic E-state index is 14.0. The van der Waals surface area contributed by atoms with Gasteiger partial charge in [-0.15, -0.1) is 0 Å². The van der Waals surface area contributed by atoms with Crippen LogP contribution in [0.15, 0.2) is 0 Å². The Morgan fingerprint density at radius 3 is 1.16 bits per heavy atom. The van der Waals surface area contributed by atoms with E-state index in [0.29, 0.717) is 135 Å². The summed E-state index contributed by atoms with van der Waals surface area (Å²) in [6, 6.07) is -2.15. The molecule has 34 nitrogen and oxygen atoms in total. The number of rotatable bonds is 67. The summed E-state index contributed by atoms with van der Waals surface area (Å²) in [4.78, 5) is 128. The molecule has 3 fully saturated rings. The minimum Gasteiger partial charge on any atom is -0.394 e. The highest BCUT2D eigenvalue weighted by molar-refractivity contribution is 5.81. The van der Waals surface area contributed by atoms with E-state index >= 15 is 0 Å². The Morgan fingerprint density at radius 2 is 0.708 bits per heavy atom. The lowest BCUT2D eigenvalue weighted by Gasteiger charge is -2.42. The normalized spacial score (nSPS) is 24.3. The van der Waals surface area contributed by atoms with Crippen molar-refractivity contribution < 1.29 is 137 Å². The second-order valence-electron chi connectivity index (χ2n) is 30.4. The number of Topliss-reactive ketones (excluding diaryl/α,β-unsaturated/α-hetero) is 4. The summed E-state index contributed by atoms with van der Waals surface area (Å²) in [5.74, 6) is -2.50. The van der Waals surface area contributed by atoms with Crippen molar-refractivity contribution in [2.45, 2.75) is 344 Å². The summed E-state index contributed by atoms with van der Waals surface area (Å²) in [5.41, 5.74) is -1.20. The van der Waals surface area contributed by atoms with Crippen LogP contribution in [-0.2, 0) is 90.6 Å². The lowest BCUT2D eigenvalue weighted by atomic mass is 9.92. The molecule has 3 aliphatic heterocycles. The number of amides is 6. The van der Waals surface area contributed by atoms with Gasteiger partial charge in [-0.1, -0.05) is 39.0 Å². The number of ketones is 4. The van der Waals surface area contributed by atoms with Crippen LogP contribution in [0.5, 0.6) is 0 Å². The molecule has 34 heteroatoms. The Morgan fingerprint density at radius 1 is 0.363 bits per heavy atom. The number of hydrogen-bond acceptors (Lipinski definition) is 28. The van der Waals surface area contributed by atoms with Crippen LogP contribution in [-0.4, -0.2) is 294 Å². The van der Waals surface area contributed by atoms with E-state index in [1.54, 1.807) is 6.92 Å². The van der Waals surface area contributed by atoms with Gasteiger partial charge in [-0.25, -0.2) is 0 Å². The van der Waals surface area contributed by atoms with Gasteiger partial charge in [0.1, 0.15) is 84.0 Å². The number of ether oxygens (including phenoxy) is 9. The molecule has 0 spiro atoms. The van der Waals surface area contributed by atoms with E-state index in [-0.39, 0.29) is 176 Å². The average Bonchev–Trinajstić information content (AvgIpc) is 0.777. The quantitative estimate of drug-likeness (QED) is 0.0386. The Hall–Kier alpha value is -5.22. The standard InChI is InChI=1S/C79H140N6O28/c1-53(2)107-42-20-7-6-19-39-80-65(96)34-24-35-67(98)85-79(38-18-14-30-57(91)26-10-8-11-27-58(92)31-15-21-43-108-76-54(3)70(99)71(100)61(48-86)111-76,51-105-46-36-60(94)29-13-9-12-28-59(93)32-16-22-44-109-77-68(83-55(4)89)74(103)72(101)62(49-87)112-77)52-106-47-37-66(97)82-41-25-40-81-64(95)33-17-23-45-110-78-69(84-56(5)90)75(104)73(102)63(50-88)113-78/h53-54,61-63,68-78,86-88,99-104H,6-52H2,1-5H3,(H,80,96)(H,81,95)(H,82,97)(H,83,89)(H,84,90)(H,85,98)/t54?,61?,62?,63?,68?,69?,70-,71+,72+,73+,74-,75-,76-,77-,78-,79?/m1/s1. The predicted molar refractivity (Wildman–Crippen MR) is 411 cm³/mol. The zero-order valence-electron chi connectivity index (χ0n) is 67.8. The van der Waals surface area contributed by atoms with Gasteiger partial charge in [-0.2, -0.15) is 0 Å². The van der Waals surface area contributed by atoms with Crippen molar-refractivity contribution in [3.8, 4) is 0 Å². The molecule has 6 amide bonds. The monoisotopic (exact) mass is 1620 g/mol. The van der Waals surface area contributed by atoms with Crippen LogP contribution < -0.4 is 31.9 Å². The summed E-state index contributed by atoms with van der Waals surface area (Å²) in [5, 5.41) is 107. The van der Waals surface area contributed by atoms with Crippen molar-refractivity contribution in [1.29, 1.82) is 0 Å². The zero-order valence-corrected chi connectivity index (χ0v) is 67.8. The molecule has 0 aliphatic carbocycles. The van der Waals surface area contributed by atoms with E-state index in [4.69, 9.17) is 42.6 Å². The van der Waals surface area contributed by atoms with Crippen LogP contribution in [0.4, 0.5) is 0 Å². The van der Waals surface area contributed by atoms with Crippen molar-refractivity contribution in [2.75, 3.05) is 92.3 Å². The Balaban J connectivity index is 1.57. The smallest absolute Gasteiger partial charge is 0.222 e. The van der Waals surface area contributed by atoms with E-state index in [2.05, 4.69) is 31.9 Å². The van der Waals surface area contributed by atoms with Gasteiger partial charge in [0.2, 0.25) is 35.4 Å². The lowest BCUT2D eigenvalue weighted by Crippen LogP contribution is -2.64. The van der Waals surface area contributed by atoms with Crippen molar-refractivity contribution in [3.05, 3.63) is 0 Å². The van der Waals surface area contributed by atoms with Crippen LogP contribution in [0.1, 0.15) is 247 Å². The highest BCUT2D eigenvalue weighted by Gasteiger charge is 2.47. The number of aliphatic hydroxyl groups is 9. The Kier molecular flexibility index (Phi) is 54.4. The number of nitrogens with one attached hydrogen (secondary N) is 6.